The summed E-state index contributed by atoms with van der Waals surface area (Å²) in [6.07, 6.45) is 2.31. The lowest BCUT2D eigenvalue weighted by molar-refractivity contribution is -0.0385. The highest BCUT2D eigenvalue weighted by molar-refractivity contribution is 5.15. The number of halogens is 2. The SMILES string of the molecule is COc1nc(C2CCC(F)(F)CC2)cn1C(O)NCCC(C)C. The van der Waals surface area contributed by atoms with Crippen LogP contribution in [0.1, 0.15) is 63.9 Å². The molecule has 132 valence electrons. The van der Waals surface area contributed by atoms with Crippen LogP contribution < -0.4 is 10.1 Å². The Morgan fingerprint density at radius 2 is 2.09 bits per heavy atom. The Labute approximate surface area is 136 Å². The monoisotopic (exact) mass is 331 g/mol. The zero-order valence-electron chi connectivity index (χ0n) is 14.1. The van der Waals surface area contributed by atoms with Gasteiger partial charge < -0.3 is 9.84 Å². The van der Waals surface area contributed by atoms with Gasteiger partial charge in [-0.3, -0.25) is 9.88 Å². The summed E-state index contributed by atoms with van der Waals surface area (Å²) in [4.78, 5) is 4.36. The number of nitrogens with one attached hydrogen (secondary N) is 1. The minimum Gasteiger partial charge on any atom is -0.468 e. The molecular formula is C16H27F2N3O2. The smallest absolute Gasteiger partial charge is 0.299 e. The van der Waals surface area contributed by atoms with E-state index in [2.05, 4.69) is 24.1 Å². The molecule has 0 radical (unpaired) electrons. The molecule has 5 nitrogen and oxygen atoms in total. The summed E-state index contributed by atoms with van der Waals surface area (Å²) in [6.45, 7) is 4.90. The highest BCUT2D eigenvalue weighted by Gasteiger charge is 2.36. The second kappa shape index (κ2) is 7.57. The van der Waals surface area contributed by atoms with Gasteiger partial charge in [0, 0.05) is 25.0 Å². The molecule has 1 atom stereocenters. The van der Waals surface area contributed by atoms with E-state index in [1.807, 2.05) is 0 Å². The molecule has 0 bridgehead atoms. The number of imidazole rings is 1. The number of aliphatic hydroxyl groups excluding tert-OH is 1. The summed E-state index contributed by atoms with van der Waals surface area (Å²) in [5.74, 6) is -2.02. The lowest BCUT2D eigenvalue weighted by atomic mass is 9.85. The van der Waals surface area contributed by atoms with E-state index in [-0.39, 0.29) is 18.8 Å². The Hall–Kier alpha value is -1.21. The number of aliphatic hydroxyl groups is 1. The van der Waals surface area contributed by atoms with Crippen molar-refractivity contribution in [1.82, 2.24) is 14.9 Å². The van der Waals surface area contributed by atoms with Crippen LogP contribution in [0.4, 0.5) is 8.78 Å². The van der Waals surface area contributed by atoms with Gasteiger partial charge in [-0.15, -0.1) is 0 Å². The molecule has 1 heterocycles. The third-order valence-electron chi connectivity index (χ3n) is 4.35. The zero-order valence-corrected chi connectivity index (χ0v) is 14.1. The molecule has 23 heavy (non-hydrogen) atoms. The Bertz CT molecular complexity index is 496. The largest absolute Gasteiger partial charge is 0.468 e. The van der Waals surface area contributed by atoms with Crippen molar-refractivity contribution in [2.75, 3.05) is 13.7 Å². The molecule has 7 heteroatoms. The molecule has 1 aromatic heterocycles. The minimum absolute atomic E-state index is 0.00682. The van der Waals surface area contributed by atoms with Crippen LogP contribution in [-0.2, 0) is 0 Å². The van der Waals surface area contributed by atoms with Gasteiger partial charge in [0.05, 0.1) is 12.8 Å². The molecule has 1 aromatic rings. The molecule has 1 aliphatic rings. The normalized spacial score (nSPS) is 20.0. The summed E-state index contributed by atoms with van der Waals surface area (Å²) >= 11 is 0. The van der Waals surface area contributed by atoms with Crippen molar-refractivity contribution in [3.05, 3.63) is 11.9 Å². The van der Waals surface area contributed by atoms with E-state index in [9.17, 15) is 13.9 Å². The number of methoxy groups -OCH3 is 1. The fraction of sp³-hybridized carbons (Fsp3) is 0.812. The molecule has 1 unspecified atom stereocenters. The van der Waals surface area contributed by atoms with Gasteiger partial charge >= 0.3 is 0 Å². The van der Waals surface area contributed by atoms with E-state index in [1.54, 1.807) is 6.20 Å². The molecule has 1 saturated carbocycles. The van der Waals surface area contributed by atoms with Crippen LogP contribution in [0.25, 0.3) is 0 Å². The summed E-state index contributed by atoms with van der Waals surface area (Å²) in [5.41, 5.74) is 0.710. The third kappa shape index (κ3) is 4.88. The van der Waals surface area contributed by atoms with E-state index < -0.39 is 12.3 Å². The second-order valence-electron chi connectivity index (χ2n) is 6.70. The number of alkyl halides is 2. The lowest BCUT2D eigenvalue weighted by Gasteiger charge is -2.27. The molecule has 2 rings (SSSR count). The van der Waals surface area contributed by atoms with Gasteiger partial charge in [-0.25, -0.2) is 8.78 Å². The van der Waals surface area contributed by atoms with Gasteiger partial charge in [-0.05, 0) is 31.7 Å². The molecule has 0 spiro atoms. The van der Waals surface area contributed by atoms with Crippen molar-refractivity contribution in [2.24, 2.45) is 5.92 Å². The van der Waals surface area contributed by atoms with E-state index in [0.29, 0.717) is 37.0 Å². The van der Waals surface area contributed by atoms with Gasteiger partial charge in [-0.1, -0.05) is 13.8 Å². The minimum atomic E-state index is -2.55. The number of hydrogen-bond donors (Lipinski definition) is 2. The average molecular weight is 331 g/mol. The third-order valence-corrected chi connectivity index (χ3v) is 4.35. The van der Waals surface area contributed by atoms with Crippen LogP contribution in [0.15, 0.2) is 6.20 Å². The predicted molar refractivity (Wildman–Crippen MR) is 83.6 cm³/mol. The van der Waals surface area contributed by atoms with Gasteiger partial charge in [0.15, 0.2) is 6.35 Å². The molecule has 0 saturated heterocycles. The molecule has 1 fully saturated rings. The Balaban J connectivity index is 2.02. The Morgan fingerprint density at radius 3 is 2.65 bits per heavy atom. The topological polar surface area (TPSA) is 59.3 Å². The average Bonchev–Trinajstić information content (AvgIpc) is 2.91. The maximum absolute atomic E-state index is 13.3. The Morgan fingerprint density at radius 1 is 1.43 bits per heavy atom. The van der Waals surface area contributed by atoms with E-state index in [0.717, 1.165) is 6.42 Å². The maximum Gasteiger partial charge on any atom is 0.299 e. The van der Waals surface area contributed by atoms with Crippen LogP contribution in [-0.4, -0.2) is 34.2 Å². The molecule has 0 aliphatic heterocycles. The number of aromatic nitrogens is 2. The van der Waals surface area contributed by atoms with Gasteiger partial charge in [0.2, 0.25) is 5.92 Å². The molecule has 0 aromatic carbocycles. The van der Waals surface area contributed by atoms with Gasteiger partial charge in [-0.2, -0.15) is 4.98 Å². The van der Waals surface area contributed by atoms with Crippen molar-refractivity contribution < 1.29 is 18.6 Å². The number of hydrogen-bond acceptors (Lipinski definition) is 4. The zero-order chi connectivity index (χ0) is 17.0. The van der Waals surface area contributed by atoms with Crippen molar-refractivity contribution in [3.8, 4) is 6.01 Å². The number of nitrogens with zero attached hydrogens (tertiary/aromatic N) is 2. The highest BCUT2D eigenvalue weighted by atomic mass is 19.3. The first-order valence-electron chi connectivity index (χ1n) is 8.24. The predicted octanol–water partition coefficient (Wildman–Crippen LogP) is 3.27. The Kier molecular flexibility index (Phi) is 5.97. The standard InChI is InChI=1S/C16H27F2N3O2/c1-11(2)6-9-19-14(22)21-10-13(20-15(21)23-3)12-4-7-16(17,18)8-5-12/h10-12,14,19,22H,4-9H2,1-3H3. The first-order valence-corrected chi connectivity index (χ1v) is 8.24. The van der Waals surface area contributed by atoms with E-state index >= 15 is 0 Å². The van der Waals surface area contributed by atoms with Crippen molar-refractivity contribution >= 4 is 0 Å². The van der Waals surface area contributed by atoms with Crippen LogP contribution in [0.2, 0.25) is 0 Å². The van der Waals surface area contributed by atoms with Crippen molar-refractivity contribution in [3.63, 3.8) is 0 Å². The van der Waals surface area contributed by atoms with Crippen LogP contribution in [0, 0.1) is 5.92 Å². The first kappa shape index (κ1) is 18.1. The molecule has 0 amide bonds. The van der Waals surface area contributed by atoms with Gasteiger partial charge in [0.25, 0.3) is 6.01 Å². The fourth-order valence-corrected chi connectivity index (χ4v) is 2.85. The molecule has 2 N–H and O–H groups in total. The van der Waals surface area contributed by atoms with Crippen molar-refractivity contribution in [1.29, 1.82) is 0 Å². The van der Waals surface area contributed by atoms with Crippen molar-refractivity contribution in [2.45, 2.75) is 64.1 Å². The quantitative estimate of drug-likeness (QED) is 0.753. The summed E-state index contributed by atoms with van der Waals surface area (Å²) in [7, 11) is 1.48. The second-order valence-corrected chi connectivity index (χ2v) is 6.70. The fourth-order valence-electron chi connectivity index (χ4n) is 2.85. The van der Waals surface area contributed by atoms with E-state index in [4.69, 9.17) is 4.74 Å². The van der Waals surface area contributed by atoms with Crippen LogP contribution in [0.5, 0.6) is 6.01 Å². The molecule has 1 aliphatic carbocycles. The highest BCUT2D eigenvalue weighted by Crippen LogP contribution is 2.41. The van der Waals surface area contributed by atoms with Crippen LogP contribution in [0.3, 0.4) is 0 Å². The maximum atomic E-state index is 13.3. The van der Waals surface area contributed by atoms with E-state index in [1.165, 1.54) is 11.7 Å². The first-order chi connectivity index (χ1) is 10.8. The summed E-state index contributed by atoms with van der Waals surface area (Å²) in [5, 5.41) is 13.3. The van der Waals surface area contributed by atoms with Gasteiger partial charge in [0.1, 0.15) is 0 Å². The van der Waals surface area contributed by atoms with Crippen LogP contribution >= 0.6 is 0 Å². The number of ether oxygens (including phenoxy) is 1. The summed E-state index contributed by atoms with van der Waals surface area (Å²) < 4.78 is 33.3. The summed E-state index contributed by atoms with van der Waals surface area (Å²) in [6, 6.07) is 0.293. The number of rotatable bonds is 7. The lowest BCUT2D eigenvalue weighted by Crippen LogP contribution is -2.28. The molecular weight excluding hydrogens is 304 g/mol.